The fraction of sp³-hybridized carbons (Fsp3) is 0.409. The van der Waals surface area contributed by atoms with Gasteiger partial charge in [0.25, 0.3) is 5.91 Å². The fourth-order valence-corrected chi connectivity index (χ4v) is 5.02. The number of benzene rings is 2. The van der Waals surface area contributed by atoms with Crippen molar-refractivity contribution in [3.8, 4) is 0 Å². The molecular formula is C22H23FN2O2. The van der Waals surface area contributed by atoms with Crippen LogP contribution in [0.5, 0.6) is 0 Å². The average molecular weight is 366 g/mol. The molecule has 3 atom stereocenters. The van der Waals surface area contributed by atoms with Crippen molar-refractivity contribution >= 4 is 5.91 Å². The molecule has 1 saturated carbocycles. The lowest BCUT2D eigenvalue weighted by Crippen LogP contribution is -2.51. The second kappa shape index (κ2) is 5.88. The van der Waals surface area contributed by atoms with Crippen molar-refractivity contribution in [1.82, 2.24) is 4.90 Å². The number of carbonyl (C=O) groups is 1. The van der Waals surface area contributed by atoms with E-state index in [-0.39, 0.29) is 23.3 Å². The van der Waals surface area contributed by atoms with Crippen LogP contribution < -0.4 is 5.73 Å². The number of nitrogens with zero attached hydrogens (tertiary/aromatic N) is 1. The molecule has 140 valence electrons. The monoisotopic (exact) mass is 366 g/mol. The summed E-state index contributed by atoms with van der Waals surface area (Å²) in [7, 11) is 0. The highest BCUT2D eigenvalue weighted by Gasteiger charge is 2.59. The van der Waals surface area contributed by atoms with Crippen LogP contribution in [0.15, 0.2) is 48.5 Å². The van der Waals surface area contributed by atoms with Crippen molar-refractivity contribution in [2.45, 2.75) is 42.9 Å². The van der Waals surface area contributed by atoms with Gasteiger partial charge in [-0.15, -0.1) is 0 Å². The third-order valence-electron chi connectivity index (χ3n) is 6.42. The van der Waals surface area contributed by atoms with Gasteiger partial charge in [-0.1, -0.05) is 36.4 Å². The minimum absolute atomic E-state index is 0.0242. The Morgan fingerprint density at radius 2 is 1.93 bits per heavy atom. The van der Waals surface area contributed by atoms with E-state index in [1.165, 1.54) is 17.7 Å². The summed E-state index contributed by atoms with van der Waals surface area (Å²) in [6.45, 7) is 1.07. The Labute approximate surface area is 158 Å². The van der Waals surface area contributed by atoms with Crippen molar-refractivity contribution in [2.75, 3.05) is 13.2 Å². The van der Waals surface area contributed by atoms with Crippen LogP contribution in [-0.4, -0.2) is 35.1 Å². The zero-order chi connectivity index (χ0) is 18.6. The SMILES string of the molecule is N[C@@]12CC[C@@](C(=O)N3CCc4ccccc4[C@H]3c3ccc(F)cc3)(C1)OC2. The second-order valence-electron chi connectivity index (χ2n) is 8.22. The number of hydrogen-bond acceptors (Lipinski definition) is 3. The molecule has 1 amide bonds. The molecule has 1 aliphatic carbocycles. The molecule has 5 heteroatoms. The fourth-order valence-electron chi connectivity index (χ4n) is 5.02. The molecule has 2 N–H and O–H groups in total. The van der Waals surface area contributed by atoms with E-state index < -0.39 is 5.60 Å². The van der Waals surface area contributed by atoms with Crippen LogP contribution in [0, 0.1) is 5.82 Å². The van der Waals surface area contributed by atoms with Crippen molar-refractivity contribution in [2.24, 2.45) is 5.73 Å². The topological polar surface area (TPSA) is 55.6 Å². The number of halogens is 1. The summed E-state index contributed by atoms with van der Waals surface area (Å²) in [4.78, 5) is 15.6. The van der Waals surface area contributed by atoms with Crippen LogP contribution in [-0.2, 0) is 16.0 Å². The van der Waals surface area contributed by atoms with E-state index in [4.69, 9.17) is 10.5 Å². The van der Waals surface area contributed by atoms with E-state index in [1.807, 2.05) is 17.0 Å². The van der Waals surface area contributed by atoms with E-state index in [0.29, 0.717) is 26.0 Å². The Balaban J connectivity index is 1.57. The largest absolute Gasteiger partial charge is 0.363 e. The molecule has 0 radical (unpaired) electrons. The molecule has 27 heavy (non-hydrogen) atoms. The Morgan fingerprint density at radius 1 is 1.15 bits per heavy atom. The van der Waals surface area contributed by atoms with Gasteiger partial charge < -0.3 is 15.4 Å². The third kappa shape index (κ3) is 2.60. The normalized spacial score (nSPS) is 31.8. The highest BCUT2D eigenvalue weighted by molar-refractivity contribution is 5.87. The molecule has 0 spiro atoms. The van der Waals surface area contributed by atoms with Gasteiger partial charge in [0, 0.05) is 18.5 Å². The molecule has 2 fully saturated rings. The minimum atomic E-state index is -0.792. The van der Waals surface area contributed by atoms with Crippen LogP contribution in [0.25, 0.3) is 0 Å². The van der Waals surface area contributed by atoms with Gasteiger partial charge in [0.15, 0.2) is 0 Å². The third-order valence-corrected chi connectivity index (χ3v) is 6.42. The van der Waals surface area contributed by atoms with Gasteiger partial charge >= 0.3 is 0 Å². The summed E-state index contributed by atoms with van der Waals surface area (Å²) in [5.74, 6) is -0.252. The molecule has 3 aliphatic rings. The molecule has 2 heterocycles. The molecule has 2 aromatic carbocycles. The minimum Gasteiger partial charge on any atom is -0.363 e. The van der Waals surface area contributed by atoms with Gasteiger partial charge in [0.1, 0.15) is 11.4 Å². The standard InChI is InChI=1S/C22H23FN2O2/c23-17-7-5-16(6-8-17)19-18-4-2-1-3-15(18)9-12-25(19)20(26)22-11-10-21(24,13-22)14-27-22/h1-8,19H,9-14,24H2/t19-,21+,22+/m1/s1. The molecule has 5 rings (SSSR count). The van der Waals surface area contributed by atoms with Gasteiger partial charge in [0.05, 0.1) is 12.6 Å². The molecule has 2 aliphatic heterocycles. The first-order chi connectivity index (χ1) is 13.0. The van der Waals surface area contributed by atoms with E-state index in [2.05, 4.69) is 12.1 Å². The lowest BCUT2D eigenvalue weighted by atomic mass is 9.86. The summed E-state index contributed by atoms with van der Waals surface area (Å²) in [5, 5.41) is 0. The summed E-state index contributed by atoms with van der Waals surface area (Å²) in [6.07, 6.45) is 2.90. The predicted octanol–water partition coefficient (Wildman–Crippen LogP) is 2.95. The number of nitrogens with two attached hydrogens (primary N) is 1. The molecular weight excluding hydrogens is 343 g/mol. The summed E-state index contributed by atoms with van der Waals surface area (Å²) in [6, 6.07) is 14.4. The lowest BCUT2D eigenvalue weighted by molar-refractivity contribution is -0.156. The van der Waals surface area contributed by atoms with Crippen molar-refractivity contribution in [1.29, 1.82) is 0 Å². The van der Waals surface area contributed by atoms with Crippen LogP contribution >= 0.6 is 0 Å². The number of rotatable bonds is 2. The second-order valence-corrected chi connectivity index (χ2v) is 8.22. The Hall–Kier alpha value is -2.24. The zero-order valence-electron chi connectivity index (χ0n) is 15.2. The Kier molecular flexibility index (Phi) is 3.68. The maximum atomic E-state index is 13.7. The number of fused-ring (bicyclic) bond motifs is 3. The quantitative estimate of drug-likeness (QED) is 0.889. The highest BCUT2D eigenvalue weighted by atomic mass is 19.1. The zero-order valence-corrected chi connectivity index (χ0v) is 15.2. The number of ether oxygens (including phenoxy) is 1. The lowest BCUT2D eigenvalue weighted by Gasteiger charge is -2.41. The van der Waals surface area contributed by atoms with Gasteiger partial charge in [-0.05, 0) is 48.1 Å². The maximum absolute atomic E-state index is 13.7. The highest BCUT2D eigenvalue weighted by Crippen LogP contribution is 2.48. The van der Waals surface area contributed by atoms with Crippen LogP contribution in [0.1, 0.15) is 42.0 Å². The molecule has 0 aromatic heterocycles. The summed E-state index contributed by atoms with van der Waals surface area (Å²) >= 11 is 0. The van der Waals surface area contributed by atoms with Gasteiger partial charge in [-0.25, -0.2) is 4.39 Å². The van der Waals surface area contributed by atoms with E-state index in [1.54, 1.807) is 12.1 Å². The van der Waals surface area contributed by atoms with Crippen LogP contribution in [0.3, 0.4) is 0 Å². The van der Waals surface area contributed by atoms with Crippen molar-refractivity contribution in [3.05, 3.63) is 71.0 Å². The smallest absolute Gasteiger partial charge is 0.255 e. The number of amides is 1. The maximum Gasteiger partial charge on any atom is 0.255 e. The summed E-state index contributed by atoms with van der Waals surface area (Å²) < 4.78 is 19.5. The van der Waals surface area contributed by atoms with Gasteiger partial charge in [-0.2, -0.15) is 0 Å². The Morgan fingerprint density at radius 3 is 2.59 bits per heavy atom. The first kappa shape index (κ1) is 16.9. The van der Waals surface area contributed by atoms with E-state index >= 15 is 0 Å². The average Bonchev–Trinajstić information content (AvgIpc) is 3.22. The van der Waals surface area contributed by atoms with E-state index in [9.17, 15) is 9.18 Å². The molecule has 0 unspecified atom stereocenters. The van der Waals surface area contributed by atoms with Crippen molar-refractivity contribution < 1.29 is 13.9 Å². The molecule has 2 aromatic rings. The van der Waals surface area contributed by atoms with Crippen LogP contribution in [0.4, 0.5) is 4.39 Å². The van der Waals surface area contributed by atoms with Gasteiger partial charge in [-0.3, -0.25) is 4.79 Å². The molecule has 4 nitrogen and oxygen atoms in total. The molecule has 1 saturated heterocycles. The van der Waals surface area contributed by atoms with Crippen molar-refractivity contribution in [3.63, 3.8) is 0 Å². The first-order valence-corrected chi connectivity index (χ1v) is 9.57. The number of hydrogen-bond donors (Lipinski definition) is 1. The van der Waals surface area contributed by atoms with Crippen LogP contribution in [0.2, 0.25) is 0 Å². The number of carbonyl (C=O) groups excluding carboxylic acids is 1. The van der Waals surface area contributed by atoms with E-state index in [0.717, 1.165) is 24.0 Å². The van der Waals surface area contributed by atoms with Gasteiger partial charge in [0.2, 0.25) is 0 Å². The Bertz CT molecular complexity index is 887. The summed E-state index contributed by atoms with van der Waals surface area (Å²) in [5.41, 5.74) is 8.46. The first-order valence-electron chi connectivity index (χ1n) is 9.57. The molecule has 2 bridgehead atoms. The predicted molar refractivity (Wildman–Crippen MR) is 99.6 cm³/mol.